The van der Waals surface area contributed by atoms with Crippen LogP contribution in [0.5, 0.6) is 0 Å². The first-order valence-corrected chi connectivity index (χ1v) is 10.6. The first kappa shape index (κ1) is 21.0. The lowest BCUT2D eigenvalue weighted by Crippen LogP contribution is -2.31. The van der Waals surface area contributed by atoms with Crippen LogP contribution in [0.25, 0.3) is 44.3 Å². The molecule has 162 valence electrons. The highest BCUT2D eigenvalue weighted by atomic mass is 19.1. The number of aromatic nitrogens is 1. The molecule has 33 heavy (non-hydrogen) atoms. The molecule has 0 saturated heterocycles. The monoisotopic (exact) mass is 440 g/mol. The molecule has 5 rings (SSSR count). The average molecular weight is 440 g/mol. The number of hydrogen-bond donors (Lipinski definition) is 0. The quantitative estimate of drug-likeness (QED) is 0.258. The zero-order valence-corrected chi connectivity index (χ0v) is 18.2. The summed E-state index contributed by atoms with van der Waals surface area (Å²) >= 11 is 0. The fourth-order valence-electron chi connectivity index (χ4n) is 4.30. The van der Waals surface area contributed by atoms with E-state index in [0.29, 0.717) is 22.3 Å². The van der Waals surface area contributed by atoms with Crippen LogP contribution in [0.3, 0.4) is 0 Å². The average Bonchev–Trinajstić information content (AvgIpc) is 2.78. The molecule has 1 aromatic heterocycles. The van der Waals surface area contributed by atoms with E-state index < -0.39 is 11.6 Å². The lowest BCUT2D eigenvalue weighted by Gasteiger charge is -2.10. The second-order valence-electron chi connectivity index (χ2n) is 8.28. The molecule has 0 spiro atoms. The van der Waals surface area contributed by atoms with Gasteiger partial charge in [0.1, 0.15) is 18.7 Å². The third kappa shape index (κ3) is 4.00. The zero-order valence-electron chi connectivity index (χ0n) is 18.2. The second kappa shape index (κ2) is 8.21. The summed E-state index contributed by atoms with van der Waals surface area (Å²) in [7, 11) is 1.83. The van der Waals surface area contributed by atoms with E-state index in [-0.39, 0.29) is 5.82 Å². The molecule has 0 bridgehead atoms. The van der Waals surface area contributed by atoms with Crippen LogP contribution >= 0.6 is 0 Å². The molecule has 0 unspecified atom stereocenters. The van der Waals surface area contributed by atoms with Gasteiger partial charge in [0.2, 0.25) is 11.9 Å². The summed E-state index contributed by atoms with van der Waals surface area (Å²) in [5.41, 5.74) is 5.28. The summed E-state index contributed by atoms with van der Waals surface area (Å²) in [6.07, 6.45) is 1.48. The van der Waals surface area contributed by atoms with E-state index in [1.165, 1.54) is 18.3 Å². The van der Waals surface area contributed by atoms with E-state index in [9.17, 15) is 13.2 Å². The third-order valence-corrected chi connectivity index (χ3v) is 5.99. The van der Waals surface area contributed by atoms with Crippen molar-refractivity contribution in [1.82, 2.24) is 0 Å². The maximum Gasteiger partial charge on any atom is 0.213 e. The van der Waals surface area contributed by atoms with Crippen molar-refractivity contribution in [3.63, 3.8) is 0 Å². The number of nitrogens with zero attached hydrogens (tertiary/aromatic N) is 1. The number of fused-ring (bicyclic) bond motifs is 1. The van der Waals surface area contributed by atoms with Gasteiger partial charge in [-0.2, -0.15) is 8.96 Å². The molecule has 0 aliphatic carbocycles. The van der Waals surface area contributed by atoms with Crippen LogP contribution in [0, 0.1) is 24.4 Å². The molecule has 0 fully saturated rings. The third-order valence-electron chi connectivity index (χ3n) is 5.99. The second-order valence-corrected chi connectivity index (χ2v) is 8.28. The maximum atomic E-state index is 15.0. The molecule has 0 amide bonds. The Morgan fingerprint density at radius 2 is 1.21 bits per heavy atom. The lowest BCUT2D eigenvalue weighted by atomic mass is 9.96. The van der Waals surface area contributed by atoms with Crippen molar-refractivity contribution in [2.75, 3.05) is 0 Å². The first-order valence-electron chi connectivity index (χ1n) is 10.6. The summed E-state index contributed by atoms with van der Waals surface area (Å²) in [5, 5.41) is 2.28. The van der Waals surface area contributed by atoms with Crippen molar-refractivity contribution in [1.29, 1.82) is 0 Å². The Bertz CT molecular complexity index is 1480. The number of rotatable bonds is 3. The standard InChI is InChI=1S/C29H21F3N/c1-18-11-21-5-3-4-6-22(21)14-26(18)29-16-27(28(32)17-33(29)2)20-9-7-19(8-10-20)23-12-24(30)15-25(31)13-23/h3-17H,1-2H3/q+1. The van der Waals surface area contributed by atoms with Gasteiger partial charge in [-0.25, -0.2) is 8.78 Å². The summed E-state index contributed by atoms with van der Waals surface area (Å²) in [6, 6.07) is 24.7. The molecule has 4 heteroatoms. The van der Waals surface area contributed by atoms with Crippen molar-refractivity contribution in [3.8, 4) is 33.5 Å². The molecule has 0 aliphatic heterocycles. The van der Waals surface area contributed by atoms with Gasteiger partial charge >= 0.3 is 0 Å². The molecule has 4 aromatic carbocycles. The topological polar surface area (TPSA) is 3.88 Å². The van der Waals surface area contributed by atoms with Crippen molar-refractivity contribution in [3.05, 3.63) is 114 Å². The zero-order chi connectivity index (χ0) is 23.1. The Labute approximate surface area is 190 Å². The number of hydrogen-bond acceptors (Lipinski definition) is 0. The van der Waals surface area contributed by atoms with Gasteiger partial charge in [0.05, 0.1) is 0 Å². The highest BCUT2D eigenvalue weighted by Crippen LogP contribution is 2.32. The molecule has 0 aliphatic rings. The summed E-state index contributed by atoms with van der Waals surface area (Å²) in [5.74, 6) is -1.61. The summed E-state index contributed by atoms with van der Waals surface area (Å²) < 4.78 is 44.0. The predicted octanol–water partition coefficient (Wildman–Crippen LogP) is 7.39. The van der Waals surface area contributed by atoms with Crippen molar-refractivity contribution >= 4 is 10.8 Å². The molecule has 0 N–H and O–H groups in total. The minimum atomic E-state index is -0.633. The normalized spacial score (nSPS) is 11.2. The number of pyridine rings is 1. The van der Waals surface area contributed by atoms with E-state index in [1.807, 2.05) is 25.2 Å². The van der Waals surface area contributed by atoms with Gasteiger partial charge in [0.25, 0.3) is 0 Å². The molecule has 1 heterocycles. The van der Waals surface area contributed by atoms with E-state index in [4.69, 9.17) is 0 Å². The summed E-state index contributed by atoms with van der Waals surface area (Å²) in [6.45, 7) is 2.05. The lowest BCUT2D eigenvalue weighted by molar-refractivity contribution is -0.661. The fourth-order valence-corrected chi connectivity index (χ4v) is 4.30. The van der Waals surface area contributed by atoms with Gasteiger partial charge in [0, 0.05) is 23.3 Å². The number of halogens is 3. The van der Waals surface area contributed by atoms with Gasteiger partial charge in [-0.15, -0.1) is 0 Å². The van der Waals surface area contributed by atoms with Crippen LogP contribution in [0.1, 0.15) is 5.56 Å². The van der Waals surface area contributed by atoms with Crippen LogP contribution < -0.4 is 4.57 Å². The van der Waals surface area contributed by atoms with E-state index in [2.05, 4.69) is 31.2 Å². The first-order chi connectivity index (χ1) is 15.9. The van der Waals surface area contributed by atoms with Gasteiger partial charge in [-0.1, -0.05) is 54.6 Å². The van der Waals surface area contributed by atoms with Crippen LogP contribution in [0.4, 0.5) is 13.2 Å². The van der Waals surface area contributed by atoms with Gasteiger partial charge in [0.15, 0.2) is 5.82 Å². The Hall–Kier alpha value is -3.92. The van der Waals surface area contributed by atoms with Crippen molar-refractivity contribution in [2.45, 2.75) is 6.92 Å². The Kier molecular flexibility index (Phi) is 5.21. The van der Waals surface area contributed by atoms with Crippen LogP contribution in [0.2, 0.25) is 0 Å². The molecular formula is C29H21F3N+. The Balaban J connectivity index is 1.59. The van der Waals surface area contributed by atoms with E-state index >= 15 is 0 Å². The van der Waals surface area contributed by atoms with Crippen LogP contribution in [-0.4, -0.2) is 0 Å². The molecule has 0 saturated carbocycles. The maximum absolute atomic E-state index is 15.0. The van der Waals surface area contributed by atoms with E-state index in [0.717, 1.165) is 33.7 Å². The largest absolute Gasteiger partial charge is 0.213 e. The molecule has 0 radical (unpaired) electrons. The fraction of sp³-hybridized carbons (Fsp3) is 0.0690. The number of aryl methyl sites for hydroxylation is 2. The SMILES string of the molecule is Cc1cc2ccccc2cc1-c1cc(-c2ccc(-c3cc(F)cc(F)c3)cc2)c(F)c[n+]1C. The van der Waals surface area contributed by atoms with E-state index in [1.54, 1.807) is 28.8 Å². The minimum Gasteiger partial charge on any atom is -0.207 e. The Morgan fingerprint density at radius 3 is 1.88 bits per heavy atom. The summed E-state index contributed by atoms with van der Waals surface area (Å²) in [4.78, 5) is 0. The van der Waals surface area contributed by atoms with Crippen LogP contribution in [0.15, 0.2) is 91.1 Å². The van der Waals surface area contributed by atoms with Gasteiger partial charge in [-0.3, -0.25) is 0 Å². The number of benzene rings is 4. The van der Waals surface area contributed by atoms with Gasteiger partial charge in [-0.05, 0) is 58.1 Å². The molecule has 5 aromatic rings. The van der Waals surface area contributed by atoms with Crippen LogP contribution in [-0.2, 0) is 7.05 Å². The van der Waals surface area contributed by atoms with Crippen molar-refractivity contribution < 1.29 is 17.7 Å². The smallest absolute Gasteiger partial charge is 0.207 e. The minimum absolute atomic E-state index is 0.343. The Morgan fingerprint density at radius 1 is 0.606 bits per heavy atom. The molecular weight excluding hydrogens is 419 g/mol. The molecule has 1 nitrogen and oxygen atoms in total. The molecule has 0 atom stereocenters. The highest BCUT2D eigenvalue weighted by Gasteiger charge is 2.19. The predicted molar refractivity (Wildman–Crippen MR) is 126 cm³/mol. The van der Waals surface area contributed by atoms with Gasteiger partial charge < -0.3 is 0 Å². The van der Waals surface area contributed by atoms with Crippen molar-refractivity contribution in [2.24, 2.45) is 7.05 Å². The highest BCUT2D eigenvalue weighted by molar-refractivity contribution is 5.88.